The maximum atomic E-state index is 12.6. The molecule has 0 amide bonds. The van der Waals surface area contributed by atoms with Crippen LogP contribution in [0.15, 0.2) is 52.1 Å². The van der Waals surface area contributed by atoms with Crippen LogP contribution in [0.2, 0.25) is 0 Å². The highest BCUT2D eigenvalue weighted by molar-refractivity contribution is 7.91. The van der Waals surface area contributed by atoms with Gasteiger partial charge in [-0.2, -0.15) is 4.31 Å². The molecule has 21 heavy (non-hydrogen) atoms. The van der Waals surface area contributed by atoms with Crippen molar-refractivity contribution in [3.05, 3.63) is 53.4 Å². The second kappa shape index (κ2) is 5.88. The summed E-state index contributed by atoms with van der Waals surface area (Å²) in [6.07, 6.45) is 0. The minimum absolute atomic E-state index is 0.106. The molecule has 1 unspecified atom stereocenters. The lowest BCUT2D eigenvalue weighted by molar-refractivity contribution is 0.148. The molecule has 1 aromatic heterocycles. The van der Waals surface area contributed by atoms with Crippen molar-refractivity contribution >= 4 is 21.4 Å². The summed E-state index contributed by atoms with van der Waals surface area (Å²) in [6, 6.07) is 13.6. The van der Waals surface area contributed by atoms with Crippen LogP contribution in [0.25, 0.3) is 0 Å². The average Bonchev–Trinajstić information content (AvgIpc) is 3.03. The molecule has 2 aromatic rings. The van der Waals surface area contributed by atoms with Crippen LogP contribution in [0.5, 0.6) is 0 Å². The first-order valence-corrected chi connectivity index (χ1v) is 9.20. The zero-order valence-corrected chi connectivity index (χ0v) is 13.5. The zero-order chi connectivity index (χ0) is 14.9. The molecule has 112 valence electrons. The highest BCUT2D eigenvalue weighted by Crippen LogP contribution is 2.29. The summed E-state index contributed by atoms with van der Waals surface area (Å²) in [7, 11) is -1.31. The highest BCUT2D eigenvalue weighted by Gasteiger charge is 2.33. The molecule has 0 N–H and O–H groups in total. The molecule has 1 aromatic carbocycles. The van der Waals surface area contributed by atoms with Gasteiger partial charge in [0.2, 0.25) is 0 Å². The van der Waals surface area contributed by atoms with E-state index in [4.69, 9.17) is 0 Å². The minimum atomic E-state index is -3.36. The molecule has 1 aliphatic heterocycles. The molecular formula is C15H18N2O2S2. The van der Waals surface area contributed by atoms with Gasteiger partial charge in [0, 0.05) is 25.7 Å². The predicted molar refractivity (Wildman–Crippen MR) is 84.9 cm³/mol. The van der Waals surface area contributed by atoms with Crippen molar-refractivity contribution in [3.8, 4) is 0 Å². The highest BCUT2D eigenvalue weighted by atomic mass is 32.2. The van der Waals surface area contributed by atoms with Crippen LogP contribution in [0.3, 0.4) is 0 Å². The number of piperazine rings is 1. The molecule has 0 aliphatic carbocycles. The Morgan fingerprint density at radius 3 is 2.52 bits per heavy atom. The van der Waals surface area contributed by atoms with Gasteiger partial charge in [-0.05, 0) is 24.1 Å². The minimum Gasteiger partial charge on any atom is -0.297 e. The molecule has 0 radical (unpaired) electrons. The molecule has 1 aliphatic rings. The number of sulfonamides is 1. The fraction of sp³-hybridized carbons (Fsp3) is 0.333. The van der Waals surface area contributed by atoms with Gasteiger partial charge < -0.3 is 0 Å². The average molecular weight is 322 g/mol. The number of nitrogens with zero attached hydrogens (tertiary/aromatic N) is 2. The van der Waals surface area contributed by atoms with Gasteiger partial charge >= 0.3 is 0 Å². The van der Waals surface area contributed by atoms with Gasteiger partial charge in [-0.25, -0.2) is 8.42 Å². The Morgan fingerprint density at radius 1 is 1.10 bits per heavy atom. The molecule has 1 saturated heterocycles. The van der Waals surface area contributed by atoms with Crippen LogP contribution in [0.4, 0.5) is 0 Å². The summed E-state index contributed by atoms with van der Waals surface area (Å²) < 4.78 is 27.3. The Labute approximate surface area is 129 Å². The molecule has 6 heteroatoms. The monoisotopic (exact) mass is 322 g/mol. The second-order valence-electron chi connectivity index (χ2n) is 5.20. The van der Waals surface area contributed by atoms with E-state index in [1.54, 1.807) is 21.8 Å². The SMILES string of the molecule is CN1CCN(S(=O)(=O)c2cccs2)CC1c1ccccc1. The van der Waals surface area contributed by atoms with E-state index in [0.717, 1.165) is 12.1 Å². The van der Waals surface area contributed by atoms with Gasteiger partial charge in [-0.1, -0.05) is 36.4 Å². The van der Waals surface area contributed by atoms with E-state index in [1.807, 2.05) is 25.2 Å². The van der Waals surface area contributed by atoms with Crippen molar-refractivity contribution in [1.29, 1.82) is 0 Å². The number of rotatable bonds is 3. The standard InChI is InChI=1S/C15H18N2O2S2/c1-16-9-10-17(21(18,19)15-8-5-11-20-15)12-14(16)13-6-3-2-4-7-13/h2-8,11,14H,9-10,12H2,1H3. The molecule has 3 rings (SSSR count). The lowest BCUT2D eigenvalue weighted by Gasteiger charge is -2.38. The lowest BCUT2D eigenvalue weighted by Crippen LogP contribution is -2.48. The Morgan fingerprint density at radius 2 is 1.86 bits per heavy atom. The molecule has 4 nitrogen and oxygen atoms in total. The molecule has 0 saturated carbocycles. The van der Waals surface area contributed by atoms with Crippen molar-refractivity contribution in [3.63, 3.8) is 0 Å². The fourth-order valence-corrected chi connectivity index (χ4v) is 5.22. The summed E-state index contributed by atoms with van der Waals surface area (Å²) in [5, 5.41) is 1.80. The first-order chi connectivity index (χ1) is 10.1. The largest absolute Gasteiger partial charge is 0.297 e. The van der Waals surface area contributed by atoms with Gasteiger partial charge in [0.05, 0.1) is 0 Å². The third kappa shape index (κ3) is 2.89. The van der Waals surface area contributed by atoms with Crippen LogP contribution >= 0.6 is 11.3 Å². The number of hydrogen-bond donors (Lipinski definition) is 0. The molecule has 0 spiro atoms. The van der Waals surface area contributed by atoms with E-state index in [1.165, 1.54) is 11.3 Å². The van der Waals surface area contributed by atoms with E-state index < -0.39 is 10.0 Å². The maximum absolute atomic E-state index is 12.6. The molecular weight excluding hydrogens is 304 g/mol. The smallest absolute Gasteiger partial charge is 0.252 e. The molecule has 0 bridgehead atoms. The Balaban J connectivity index is 1.87. The van der Waals surface area contributed by atoms with Crippen molar-refractivity contribution < 1.29 is 8.42 Å². The fourth-order valence-electron chi connectivity index (χ4n) is 2.64. The van der Waals surface area contributed by atoms with Gasteiger partial charge in [-0.3, -0.25) is 4.90 Å². The zero-order valence-electron chi connectivity index (χ0n) is 11.8. The summed E-state index contributed by atoms with van der Waals surface area (Å²) in [5.41, 5.74) is 1.16. The van der Waals surface area contributed by atoms with Crippen LogP contribution < -0.4 is 0 Å². The van der Waals surface area contributed by atoms with Gasteiger partial charge in [0.15, 0.2) is 0 Å². The summed E-state index contributed by atoms with van der Waals surface area (Å²) in [6.45, 7) is 1.78. The summed E-state index contributed by atoms with van der Waals surface area (Å²) in [5.74, 6) is 0. The van der Waals surface area contributed by atoms with E-state index in [-0.39, 0.29) is 6.04 Å². The molecule has 1 atom stereocenters. The quantitative estimate of drug-likeness (QED) is 0.871. The van der Waals surface area contributed by atoms with Gasteiger partial charge in [0.25, 0.3) is 10.0 Å². The van der Waals surface area contributed by atoms with Crippen molar-refractivity contribution in [1.82, 2.24) is 9.21 Å². The third-order valence-corrected chi connectivity index (χ3v) is 7.12. The van der Waals surface area contributed by atoms with Crippen molar-refractivity contribution in [2.45, 2.75) is 10.3 Å². The van der Waals surface area contributed by atoms with E-state index in [2.05, 4.69) is 17.0 Å². The second-order valence-corrected chi connectivity index (χ2v) is 8.31. The van der Waals surface area contributed by atoms with Crippen LogP contribution in [-0.2, 0) is 10.0 Å². The Kier molecular flexibility index (Phi) is 4.12. The Hall–Kier alpha value is -1.21. The molecule has 1 fully saturated rings. The van der Waals surface area contributed by atoms with Gasteiger partial charge in [0.1, 0.15) is 4.21 Å². The maximum Gasteiger partial charge on any atom is 0.252 e. The predicted octanol–water partition coefficient (Wildman–Crippen LogP) is 2.43. The van der Waals surface area contributed by atoms with Crippen LogP contribution in [-0.4, -0.2) is 44.3 Å². The van der Waals surface area contributed by atoms with Crippen LogP contribution in [0.1, 0.15) is 11.6 Å². The van der Waals surface area contributed by atoms with Crippen molar-refractivity contribution in [2.24, 2.45) is 0 Å². The first kappa shape index (κ1) is 14.7. The normalized spacial score (nSPS) is 21.5. The number of thiophene rings is 1. The molecule has 2 heterocycles. The summed E-state index contributed by atoms with van der Waals surface area (Å²) >= 11 is 1.28. The first-order valence-electron chi connectivity index (χ1n) is 6.88. The number of hydrogen-bond acceptors (Lipinski definition) is 4. The lowest BCUT2D eigenvalue weighted by atomic mass is 10.0. The van der Waals surface area contributed by atoms with E-state index in [0.29, 0.717) is 17.3 Å². The van der Waals surface area contributed by atoms with Crippen LogP contribution in [0, 0.1) is 0 Å². The van der Waals surface area contributed by atoms with E-state index in [9.17, 15) is 8.42 Å². The Bertz CT molecular complexity index is 684. The number of benzene rings is 1. The van der Waals surface area contributed by atoms with E-state index >= 15 is 0 Å². The third-order valence-electron chi connectivity index (χ3n) is 3.88. The van der Waals surface area contributed by atoms with Crippen molar-refractivity contribution in [2.75, 3.05) is 26.7 Å². The topological polar surface area (TPSA) is 40.6 Å². The number of likely N-dealkylation sites (N-methyl/N-ethyl adjacent to an activating group) is 1. The van der Waals surface area contributed by atoms with Gasteiger partial charge in [-0.15, -0.1) is 11.3 Å². The summed E-state index contributed by atoms with van der Waals surface area (Å²) in [4.78, 5) is 2.22.